The molecule has 1 aromatic carbocycles. The predicted molar refractivity (Wildman–Crippen MR) is 88.2 cm³/mol. The highest BCUT2D eigenvalue weighted by Crippen LogP contribution is 2.25. The summed E-state index contributed by atoms with van der Waals surface area (Å²) in [6.07, 6.45) is 2.14. The van der Waals surface area contributed by atoms with E-state index in [1.807, 2.05) is 6.07 Å². The van der Waals surface area contributed by atoms with Crippen LogP contribution in [-0.2, 0) is 4.74 Å². The second-order valence-corrected chi connectivity index (χ2v) is 5.66. The minimum Gasteiger partial charge on any atom is -0.471 e. The molecule has 24 heavy (non-hydrogen) atoms. The lowest BCUT2D eigenvalue weighted by Crippen LogP contribution is -2.17. The molecule has 1 aliphatic rings. The summed E-state index contributed by atoms with van der Waals surface area (Å²) in [5.74, 6) is -0.0491. The Morgan fingerprint density at radius 2 is 2.21 bits per heavy atom. The highest BCUT2D eigenvalue weighted by molar-refractivity contribution is 6.32. The van der Waals surface area contributed by atoms with Crippen LogP contribution in [0.25, 0.3) is 0 Å². The molecule has 0 spiro atoms. The van der Waals surface area contributed by atoms with Crippen molar-refractivity contribution in [3.8, 4) is 11.9 Å². The first-order chi connectivity index (χ1) is 11.7. The maximum Gasteiger partial charge on any atom is 0.257 e. The van der Waals surface area contributed by atoms with E-state index in [1.165, 1.54) is 12.3 Å². The molecule has 0 radical (unpaired) electrons. The van der Waals surface area contributed by atoms with Crippen LogP contribution in [0.3, 0.4) is 0 Å². The monoisotopic (exact) mass is 343 g/mol. The number of nitrogens with zero attached hydrogens (tertiary/aromatic N) is 2. The molecule has 0 aliphatic carbocycles. The quantitative estimate of drug-likeness (QED) is 0.922. The molecule has 6 nitrogen and oxygen atoms in total. The molecule has 1 atom stereocenters. The van der Waals surface area contributed by atoms with Crippen LogP contribution in [0.1, 0.15) is 22.3 Å². The first-order valence-electron chi connectivity index (χ1n) is 7.37. The number of halogens is 1. The third-order valence-corrected chi connectivity index (χ3v) is 3.78. The van der Waals surface area contributed by atoms with Crippen LogP contribution in [0, 0.1) is 11.3 Å². The van der Waals surface area contributed by atoms with E-state index in [-0.39, 0.29) is 17.0 Å². The van der Waals surface area contributed by atoms with E-state index in [1.54, 1.807) is 24.3 Å². The second-order valence-electron chi connectivity index (χ2n) is 5.26. The van der Waals surface area contributed by atoms with Crippen molar-refractivity contribution in [2.75, 3.05) is 18.5 Å². The van der Waals surface area contributed by atoms with Crippen molar-refractivity contribution in [3.63, 3.8) is 0 Å². The molecular weight excluding hydrogens is 330 g/mol. The molecule has 122 valence electrons. The van der Waals surface area contributed by atoms with E-state index in [2.05, 4.69) is 10.3 Å². The third kappa shape index (κ3) is 3.82. The van der Waals surface area contributed by atoms with Gasteiger partial charge in [0.05, 0.1) is 30.4 Å². The van der Waals surface area contributed by atoms with Gasteiger partial charge in [0, 0.05) is 18.3 Å². The molecule has 0 saturated carbocycles. The Kier molecular flexibility index (Phi) is 4.94. The van der Waals surface area contributed by atoms with Crippen LogP contribution in [0.15, 0.2) is 36.5 Å². The van der Waals surface area contributed by atoms with E-state index in [0.717, 1.165) is 6.42 Å². The van der Waals surface area contributed by atoms with Crippen molar-refractivity contribution in [1.82, 2.24) is 4.98 Å². The Balaban J connectivity index is 1.68. The molecule has 1 aliphatic heterocycles. The van der Waals surface area contributed by atoms with Crippen LogP contribution in [0.2, 0.25) is 5.02 Å². The number of anilines is 1. The van der Waals surface area contributed by atoms with Gasteiger partial charge in [0.25, 0.3) is 5.91 Å². The average Bonchev–Trinajstić information content (AvgIpc) is 3.10. The average molecular weight is 344 g/mol. The van der Waals surface area contributed by atoms with Crippen LogP contribution in [0.5, 0.6) is 5.88 Å². The summed E-state index contributed by atoms with van der Waals surface area (Å²) in [5.41, 5.74) is 1.42. The summed E-state index contributed by atoms with van der Waals surface area (Å²) in [7, 11) is 0. The molecule has 0 bridgehead atoms. The highest BCUT2D eigenvalue weighted by atomic mass is 35.5. The normalized spacial score (nSPS) is 16.4. The molecule has 2 aromatic rings. The number of carbonyl (C=O) groups is 1. The molecule has 1 unspecified atom stereocenters. The van der Waals surface area contributed by atoms with Gasteiger partial charge in [-0.1, -0.05) is 11.6 Å². The van der Waals surface area contributed by atoms with E-state index in [0.29, 0.717) is 35.9 Å². The van der Waals surface area contributed by atoms with E-state index < -0.39 is 0 Å². The molecule has 7 heteroatoms. The van der Waals surface area contributed by atoms with Crippen LogP contribution in [-0.4, -0.2) is 30.2 Å². The van der Waals surface area contributed by atoms with Gasteiger partial charge in [-0.25, -0.2) is 4.98 Å². The van der Waals surface area contributed by atoms with Crippen molar-refractivity contribution >= 4 is 23.2 Å². The predicted octanol–water partition coefficient (Wildman–Crippen LogP) is 3.03. The zero-order valence-corrected chi connectivity index (χ0v) is 13.4. The summed E-state index contributed by atoms with van der Waals surface area (Å²) in [4.78, 5) is 16.4. The number of hydrogen-bond acceptors (Lipinski definition) is 5. The number of benzene rings is 1. The number of carbonyl (C=O) groups excluding carboxylic acids is 1. The van der Waals surface area contributed by atoms with Crippen LogP contribution in [0.4, 0.5) is 5.69 Å². The largest absolute Gasteiger partial charge is 0.471 e. The van der Waals surface area contributed by atoms with Gasteiger partial charge < -0.3 is 14.8 Å². The van der Waals surface area contributed by atoms with Crippen molar-refractivity contribution in [2.45, 2.75) is 12.5 Å². The maximum atomic E-state index is 12.2. The molecule has 2 heterocycles. The molecule has 1 amide bonds. The highest BCUT2D eigenvalue weighted by Gasteiger charge is 2.20. The fourth-order valence-corrected chi connectivity index (χ4v) is 2.44. The summed E-state index contributed by atoms with van der Waals surface area (Å²) < 4.78 is 10.9. The zero-order chi connectivity index (χ0) is 16.9. The molecule has 3 rings (SSSR count). The topological polar surface area (TPSA) is 84.2 Å². The van der Waals surface area contributed by atoms with E-state index in [4.69, 9.17) is 26.3 Å². The van der Waals surface area contributed by atoms with Gasteiger partial charge in [-0.05, 0) is 30.3 Å². The summed E-state index contributed by atoms with van der Waals surface area (Å²) in [6.45, 7) is 1.17. The van der Waals surface area contributed by atoms with Crippen LogP contribution >= 0.6 is 11.6 Å². The van der Waals surface area contributed by atoms with Gasteiger partial charge in [0.15, 0.2) is 0 Å². The number of nitriles is 1. The SMILES string of the molecule is N#Cc1ccc(NC(=O)c2cnc(OC3CCOC3)c(Cl)c2)cc1. The number of pyridine rings is 1. The standard InChI is InChI=1S/C17H14ClN3O3/c18-15-7-12(9-20-17(15)24-14-5-6-23-10-14)16(22)21-13-3-1-11(8-19)2-4-13/h1-4,7,9,14H,5-6,10H2,(H,21,22). The smallest absolute Gasteiger partial charge is 0.257 e. The second kappa shape index (κ2) is 7.30. The number of hydrogen-bond donors (Lipinski definition) is 1. The zero-order valence-electron chi connectivity index (χ0n) is 12.7. The number of aromatic nitrogens is 1. The fraction of sp³-hybridized carbons (Fsp3) is 0.235. The first kappa shape index (κ1) is 16.2. The van der Waals surface area contributed by atoms with Gasteiger partial charge in [-0.15, -0.1) is 0 Å². The Hall–Kier alpha value is -2.62. The third-order valence-electron chi connectivity index (χ3n) is 3.51. The first-order valence-corrected chi connectivity index (χ1v) is 7.75. The molecule has 1 saturated heterocycles. The summed E-state index contributed by atoms with van der Waals surface area (Å²) >= 11 is 6.15. The van der Waals surface area contributed by atoms with Gasteiger partial charge in [0.2, 0.25) is 5.88 Å². The maximum absolute atomic E-state index is 12.2. The molecular formula is C17H14ClN3O3. The van der Waals surface area contributed by atoms with Gasteiger partial charge in [0.1, 0.15) is 11.1 Å². The Morgan fingerprint density at radius 3 is 2.83 bits per heavy atom. The molecule has 1 fully saturated rings. The van der Waals surface area contributed by atoms with Gasteiger partial charge in [-0.2, -0.15) is 5.26 Å². The minimum atomic E-state index is -0.343. The Labute approximate surface area is 144 Å². The van der Waals surface area contributed by atoms with Crippen molar-refractivity contribution < 1.29 is 14.3 Å². The number of ether oxygens (including phenoxy) is 2. The van der Waals surface area contributed by atoms with Crippen molar-refractivity contribution in [3.05, 3.63) is 52.7 Å². The van der Waals surface area contributed by atoms with E-state index >= 15 is 0 Å². The van der Waals surface area contributed by atoms with Crippen molar-refractivity contribution in [1.29, 1.82) is 5.26 Å². The van der Waals surface area contributed by atoms with Crippen LogP contribution < -0.4 is 10.1 Å². The lowest BCUT2D eigenvalue weighted by molar-refractivity contribution is 0.102. The summed E-state index contributed by atoms with van der Waals surface area (Å²) in [6, 6.07) is 10.1. The number of rotatable bonds is 4. The Morgan fingerprint density at radius 1 is 1.42 bits per heavy atom. The van der Waals surface area contributed by atoms with E-state index in [9.17, 15) is 4.79 Å². The molecule has 1 N–H and O–H groups in total. The van der Waals surface area contributed by atoms with Crippen molar-refractivity contribution in [2.24, 2.45) is 0 Å². The summed E-state index contributed by atoms with van der Waals surface area (Å²) in [5, 5.41) is 11.8. The molecule has 1 aromatic heterocycles. The number of amides is 1. The minimum absolute atomic E-state index is 0.0617. The lowest BCUT2D eigenvalue weighted by Gasteiger charge is -2.12. The number of nitrogens with one attached hydrogen (secondary N) is 1. The Bertz CT molecular complexity index is 781. The lowest BCUT2D eigenvalue weighted by atomic mass is 10.2. The van der Waals surface area contributed by atoms with Gasteiger partial charge in [-0.3, -0.25) is 4.79 Å². The van der Waals surface area contributed by atoms with Gasteiger partial charge >= 0.3 is 0 Å². The fourth-order valence-electron chi connectivity index (χ4n) is 2.23.